The van der Waals surface area contributed by atoms with Gasteiger partial charge in [-0.1, -0.05) is 0 Å². The van der Waals surface area contributed by atoms with Crippen molar-refractivity contribution in [2.45, 2.75) is 0 Å². The second-order valence-electron chi connectivity index (χ2n) is 1.86. The smallest absolute Gasteiger partial charge is 0.303 e. The molecule has 0 atom stereocenters. The molecular formula is C4H8N6O. The highest BCUT2D eigenvalue weighted by molar-refractivity contribution is 5.86. The fourth-order valence-corrected chi connectivity index (χ4v) is 0.534. The summed E-state index contributed by atoms with van der Waals surface area (Å²) in [6.07, 6.45) is 1.46. The van der Waals surface area contributed by atoms with E-state index in [0.717, 1.165) is 0 Å². The molecule has 0 saturated carbocycles. The number of aromatic nitrogens is 3. The van der Waals surface area contributed by atoms with Crippen LogP contribution in [0.2, 0.25) is 0 Å². The second-order valence-corrected chi connectivity index (χ2v) is 1.86. The number of urea groups is 1. The van der Waals surface area contributed by atoms with E-state index in [1.165, 1.54) is 6.33 Å². The molecule has 0 saturated heterocycles. The summed E-state index contributed by atoms with van der Waals surface area (Å²) in [7, 11) is 1.70. The van der Waals surface area contributed by atoms with Gasteiger partial charge < -0.3 is 4.57 Å². The van der Waals surface area contributed by atoms with Crippen LogP contribution in [-0.4, -0.2) is 20.8 Å². The highest BCUT2D eigenvalue weighted by Gasteiger charge is 2.02. The van der Waals surface area contributed by atoms with Gasteiger partial charge in [0.2, 0.25) is 5.95 Å². The third-order valence-corrected chi connectivity index (χ3v) is 1.07. The Labute approximate surface area is 62.6 Å². The summed E-state index contributed by atoms with van der Waals surface area (Å²) in [5.41, 5.74) is 1.90. The lowest BCUT2D eigenvalue weighted by Gasteiger charge is -2.00. The Morgan fingerprint density at radius 2 is 2.55 bits per heavy atom. The molecule has 1 aromatic rings. The predicted molar refractivity (Wildman–Crippen MR) is 37.3 cm³/mol. The fraction of sp³-hybridized carbons (Fsp3) is 0.250. The minimum atomic E-state index is -0.527. The Morgan fingerprint density at radius 3 is 3.00 bits per heavy atom. The van der Waals surface area contributed by atoms with Crippen LogP contribution in [0, 0.1) is 0 Å². The van der Waals surface area contributed by atoms with Crippen molar-refractivity contribution in [2.24, 2.45) is 12.9 Å². The molecule has 0 bridgehead atoms. The average molecular weight is 156 g/mol. The van der Waals surface area contributed by atoms with Crippen LogP contribution in [0.4, 0.5) is 10.7 Å². The molecule has 1 rings (SSSR count). The molecule has 0 aliphatic heterocycles. The third kappa shape index (κ3) is 1.64. The first-order valence-corrected chi connectivity index (χ1v) is 2.85. The molecule has 1 aromatic heterocycles. The highest BCUT2D eigenvalue weighted by atomic mass is 16.2. The quantitative estimate of drug-likeness (QED) is 0.270. The first kappa shape index (κ1) is 7.48. The van der Waals surface area contributed by atoms with E-state index in [2.05, 4.69) is 15.5 Å². The van der Waals surface area contributed by atoms with E-state index < -0.39 is 6.03 Å². The van der Waals surface area contributed by atoms with E-state index in [9.17, 15) is 4.79 Å². The lowest BCUT2D eigenvalue weighted by atomic mass is 10.8. The molecule has 7 heteroatoms. The molecule has 0 aromatic carbocycles. The predicted octanol–water partition coefficient (Wildman–Crippen LogP) is -1.19. The van der Waals surface area contributed by atoms with Gasteiger partial charge in [-0.05, 0) is 0 Å². The number of hydrogen-bond donors (Lipinski definition) is 3. The van der Waals surface area contributed by atoms with Crippen LogP contribution in [0.1, 0.15) is 0 Å². The van der Waals surface area contributed by atoms with Crippen LogP contribution in [-0.2, 0) is 7.05 Å². The lowest BCUT2D eigenvalue weighted by molar-refractivity contribution is 0.252. The van der Waals surface area contributed by atoms with Gasteiger partial charge in [0.25, 0.3) is 0 Å². The lowest BCUT2D eigenvalue weighted by Crippen LogP contribution is -2.35. The van der Waals surface area contributed by atoms with Crippen LogP contribution >= 0.6 is 0 Å². The number of rotatable bonds is 1. The summed E-state index contributed by atoms with van der Waals surface area (Å²) in [4.78, 5) is 10.6. The number of nitrogens with zero attached hydrogens (tertiary/aromatic N) is 3. The zero-order chi connectivity index (χ0) is 8.27. The molecule has 60 valence electrons. The van der Waals surface area contributed by atoms with Crippen molar-refractivity contribution in [1.82, 2.24) is 20.2 Å². The minimum Gasteiger partial charge on any atom is -0.303 e. The molecule has 0 aliphatic carbocycles. The number of anilines is 1. The Hall–Kier alpha value is -1.63. The van der Waals surface area contributed by atoms with Crippen molar-refractivity contribution in [3.63, 3.8) is 0 Å². The molecule has 0 radical (unpaired) electrons. The molecule has 1 heterocycles. The van der Waals surface area contributed by atoms with E-state index in [0.29, 0.717) is 5.95 Å². The summed E-state index contributed by atoms with van der Waals surface area (Å²) in [5.74, 6) is 5.16. The minimum absolute atomic E-state index is 0.341. The van der Waals surface area contributed by atoms with Gasteiger partial charge in [0, 0.05) is 7.05 Å². The molecule has 0 aliphatic rings. The van der Waals surface area contributed by atoms with Crippen LogP contribution in [0.3, 0.4) is 0 Å². The number of carbonyl (C=O) groups excluding carboxylic acids is 1. The molecule has 0 unspecified atom stereocenters. The van der Waals surface area contributed by atoms with Crippen molar-refractivity contribution < 1.29 is 4.79 Å². The zero-order valence-electron chi connectivity index (χ0n) is 5.90. The fourth-order valence-electron chi connectivity index (χ4n) is 0.534. The maximum atomic E-state index is 10.6. The maximum absolute atomic E-state index is 10.6. The summed E-state index contributed by atoms with van der Waals surface area (Å²) < 4.78 is 1.55. The number of hydrazine groups is 1. The van der Waals surface area contributed by atoms with Gasteiger partial charge in [-0.15, -0.1) is 10.2 Å². The summed E-state index contributed by atoms with van der Waals surface area (Å²) >= 11 is 0. The Morgan fingerprint density at radius 1 is 1.82 bits per heavy atom. The number of nitrogens with two attached hydrogens (primary N) is 1. The van der Waals surface area contributed by atoms with Crippen LogP contribution in [0.25, 0.3) is 0 Å². The van der Waals surface area contributed by atoms with Crippen LogP contribution in [0.15, 0.2) is 6.33 Å². The normalized spacial score (nSPS) is 9.27. The van der Waals surface area contributed by atoms with E-state index in [4.69, 9.17) is 5.84 Å². The van der Waals surface area contributed by atoms with Gasteiger partial charge in [-0.2, -0.15) is 0 Å². The largest absolute Gasteiger partial charge is 0.335 e. The summed E-state index contributed by atoms with van der Waals surface area (Å²) in [6.45, 7) is 0. The van der Waals surface area contributed by atoms with E-state index in [1.807, 2.05) is 5.43 Å². The van der Waals surface area contributed by atoms with E-state index in [-0.39, 0.29) is 0 Å². The number of hydrogen-bond acceptors (Lipinski definition) is 4. The standard InChI is InChI=1S/C4H8N6O/c1-10-2-6-9-3(10)7-4(11)8-5/h2H,5H2,1H3,(H2,7,8,9,11). The Balaban J connectivity index is 2.64. The summed E-state index contributed by atoms with van der Waals surface area (Å²) in [6, 6.07) is -0.527. The van der Waals surface area contributed by atoms with Crippen LogP contribution < -0.4 is 16.6 Å². The van der Waals surface area contributed by atoms with Crippen molar-refractivity contribution in [3.05, 3.63) is 6.33 Å². The first-order valence-electron chi connectivity index (χ1n) is 2.85. The topological polar surface area (TPSA) is 97.9 Å². The van der Waals surface area contributed by atoms with Gasteiger partial charge in [-0.3, -0.25) is 10.7 Å². The monoisotopic (exact) mass is 156 g/mol. The maximum Gasteiger partial charge on any atom is 0.335 e. The number of aryl methyl sites for hydroxylation is 1. The third-order valence-electron chi connectivity index (χ3n) is 1.07. The molecule has 11 heavy (non-hydrogen) atoms. The van der Waals surface area contributed by atoms with Crippen molar-refractivity contribution >= 4 is 12.0 Å². The molecule has 4 N–H and O–H groups in total. The van der Waals surface area contributed by atoms with Gasteiger partial charge in [-0.25, -0.2) is 10.6 Å². The van der Waals surface area contributed by atoms with Crippen LogP contribution in [0.5, 0.6) is 0 Å². The molecule has 2 amide bonds. The Kier molecular flexibility index (Phi) is 2.02. The zero-order valence-corrected chi connectivity index (χ0v) is 5.90. The molecular weight excluding hydrogens is 148 g/mol. The number of nitrogens with one attached hydrogen (secondary N) is 2. The molecule has 0 spiro atoms. The van der Waals surface area contributed by atoms with Crippen molar-refractivity contribution in [1.29, 1.82) is 0 Å². The van der Waals surface area contributed by atoms with Gasteiger partial charge >= 0.3 is 6.03 Å². The second kappa shape index (κ2) is 2.97. The molecule has 0 fully saturated rings. The van der Waals surface area contributed by atoms with Gasteiger partial charge in [0.15, 0.2) is 0 Å². The molecule has 7 nitrogen and oxygen atoms in total. The van der Waals surface area contributed by atoms with Crippen molar-refractivity contribution in [3.8, 4) is 0 Å². The summed E-state index contributed by atoms with van der Waals surface area (Å²) in [5, 5.41) is 9.48. The first-order chi connectivity index (χ1) is 5.24. The van der Waals surface area contributed by atoms with Crippen molar-refractivity contribution in [2.75, 3.05) is 5.32 Å². The van der Waals surface area contributed by atoms with E-state index in [1.54, 1.807) is 11.6 Å². The SMILES string of the molecule is Cn1cnnc1NC(=O)NN. The van der Waals surface area contributed by atoms with E-state index >= 15 is 0 Å². The average Bonchev–Trinajstić information content (AvgIpc) is 2.37. The number of amides is 2. The highest BCUT2D eigenvalue weighted by Crippen LogP contribution is 1.96. The Bertz CT molecular complexity index is 255. The number of carbonyl (C=O) groups is 1. The van der Waals surface area contributed by atoms with Gasteiger partial charge in [0.05, 0.1) is 0 Å². The van der Waals surface area contributed by atoms with Gasteiger partial charge in [0.1, 0.15) is 6.33 Å².